The van der Waals surface area contributed by atoms with Crippen molar-refractivity contribution in [2.75, 3.05) is 13.2 Å². The molecule has 2 aromatic rings. The van der Waals surface area contributed by atoms with E-state index in [1.807, 2.05) is 13.0 Å². The van der Waals surface area contributed by atoms with Gasteiger partial charge in [0, 0.05) is 11.1 Å². The van der Waals surface area contributed by atoms with Crippen LogP contribution in [0.3, 0.4) is 0 Å². The molecular weight excluding hydrogens is 375 g/mol. The summed E-state index contributed by atoms with van der Waals surface area (Å²) in [5, 5.41) is 2.23. The number of halogens is 3. The van der Waals surface area contributed by atoms with E-state index in [1.54, 1.807) is 19.1 Å². The average Bonchev–Trinajstić information content (AvgIpc) is 2.65. The average molecular weight is 393 g/mol. The highest BCUT2D eigenvalue weighted by Gasteiger charge is 2.30. The SMILES string of the molecule is Cc1ccc(C)c(C(=O)COC(=O)CNC(=O)c2ccc(C(F)(F)F)cc2)c1. The van der Waals surface area contributed by atoms with Crippen molar-refractivity contribution in [2.24, 2.45) is 0 Å². The summed E-state index contributed by atoms with van der Waals surface area (Å²) < 4.78 is 42.4. The highest BCUT2D eigenvalue weighted by atomic mass is 19.4. The Morgan fingerprint density at radius 2 is 1.64 bits per heavy atom. The largest absolute Gasteiger partial charge is 0.456 e. The first-order valence-corrected chi connectivity index (χ1v) is 8.29. The molecule has 1 N–H and O–H groups in total. The number of aryl methyl sites for hydroxylation is 2. The molecule has 0 aliphatic carbocycles. The van der Waals surface area contributed by atoms with Gasteiger partial charge in [0.15, 0.2) is 6.61 Å². The normalized spacial score (nSPS) is 11.0. The van der Waals surface area contributed by atoms with Crippen LogP contribution in [-0.4, -0.2) is 30.8 Å². The lowest BCUT2D eigenvalue weighted by atomic mass is 10.0. The maximum atomic E-state index is 12.5. The fraction of sp³-hybridized carbons (Fsp3) is 0.250. The minimum Gasteiger partial charge on any atom is -0.456 e. The second kappa shape index (κ2) is 8.69. The maximum Gasteiger partial charge on any atom is 0.416 e. The van der Waals surface area contributed by atoms with Gasteiger partial charge in [-0.1, -0.05) is 17.7 Å². The van der Waals surface area contributed by atoms with Gasteiger partial charge in [0.2, 0.25) is 5.78 Å². The van der Waals surface area contributed by atoms with Gasteiger partial charge in [-0.05, 0) is 49.7 Å². The van der Waals surface area contributed by atoms with Crippen molar-refractivity contribution < 1.29 is 32.3 Å². The molecule has 0 unspecified atom stereocenters. The highest BCUT2D eigenvalue weighted by molar-refractivity contribution is 6.00. The second-order valence-electron chi connectivity index (χ2n) is 6.16. The first-order chi connectivity index (χ1) is 13.1. The number of benzene rings is 2. The van der Waals surface area contributed by atoms with Crippen LogP contribution in [0.4, 0.5) is 13.2 Å². The number of alkyl halides is 3. The van der Waals surface area contributed by atoms with Crippen LogP contribution in [0.15, 0.2) is 42.5 Å². The predicted molar refractivity (Wildman–Crippen MR) is 95.0 cm³/mol. The summed E-state index contributed by atoms with van der Waals surface area (Å²) in [5.41, 5.74) is 1.17. The number of hydrogen-bond donors (Lipinski definition) is 1. The lowest BCUT2D eigenvalue weighted by Crippen LogP contribution is -2.31. The Morgan fingerprint density at radius 3 is 2.25 bits per heavy atom. The van der Waals surface area contributed by atoms with Crippen molar-refractivity contribution in [2.45, 2.75) is 20.0 Å². The number of rotatable bonds is 6. The molecule has 0 radical (unpaired) electrons. The van der Waals surface area contributed by atoms with Crippen molar-refractivity contribution in [1.29, 1.82) is 0 Å². The lowest BCUT2D eigenvalue weighted by molar-refractivity contribution is -0.141. The Bertz CT molecular complexity index is 889. The Balaban J connectivity index is 1.84. The molecule has 0 saturated carbocycles. The summed E-state index contributed by atoms with van der Waals surface area (Å²) in [6.07, 6.45) is -4.50. The summed E-state index contributed by atoms with van der Waals surface area (Å²) >= 11 is 0. The monoisotopic (exact) mass is 393 g/mol. The molecule has 0 fully saturated rings. The molecule has 0 aliphatic heterocycles. The van der Waals surface area contributed by atoms with Gasteiger partial charge in [-0.2, -0.15) is 13.2 Å². The summed E-state index contributed by atoms with van der Waals surface area (Å²) in [7, 11) is 0. The van der Waals surface area contributed by atoms with Gasteiger partial charge in [0.1, 0.15) is 6.54 Å². The molecule has 0 bridgehead atoms. The third-order valence-corrected chi connectivity index (χ3v) is 3.93. The molecule has 2 rings (SSSR count). The van der Waals surface area contributed by atoms with Gasteiger partial charge in [-0.25, -0.2) is 0 Å². The molecule has 1 amide bonds. The van der Waals surface area contributed by atoms with E-state index in [4.69, 9.17) is 4.74 Å². The van der Waals surface area contributed by atoms with E-state index in [-0.39, 0.29) is 11.3 Å². The summed E-state index contributed by atoms with van der Waals surface area (Å²) in [4.78, 5) is 35.7. The van der Waals surface area contributed by atoms with E-state index >= 15 is 0 Å². The van der Waals surface area contributed by atoms with E-state index in [9.17, 15) is 27.6 Å². The quantitative estimate of drug-likeness (QED) is 0.603. The number of amides is 1. The third-order valence-electron chi connectivity index (χ3n) is 3.93. The minimum absolute atomic E-state index is 0.0349. The smallest absolute Gasteiger partial charge is 0.416 e. The van der Waals surface area contributed by atoms with Crippen LogP contribution in [0.5, 0.6) is 0 Å². The van der Waals surface area contributed by atoms with Crippen LogP contribution in [0.1, 0.15) is 37.4 Å². The van der Waals surface area contributed by atoms with Crippen LogP contribution in [0.25, 0.3) is 0 Å². The Kier molecular flexibility index (Phi) is 6.56. The fourth-order valence-electron chi connectivity index (χ4n) is 2.38. The van der Waals surface area contributed by atoms with Crippen LogP contribution in [-0.2, 0) is 15.7 Å². The number of ketones is 1. The van der Waals surface area contributed by atoms with Crippen LogP contribution in [0, 0.1) is 13.8 Å². The van der Waals surface area contributed by atoms with Gasteiger partial charge in [-0.3, -0.25) is 14.4 Å². The van der Waals surface area contributed by atoms with E-state index in [0.717, 1.165) is 35.4 Å². The molecule has 28 heavy (non-hydrogen) atoms. The molecule has 0 aliphatic rings. The van der Waals surface area contributed by atoms with Crippen molar-refractivity contribution in [3.63, 3.8) is 0 Å². The molecule has 8 heteroatoms. The first kappa shape index (κ1) is 21.1. The standard InChI is InChI=1S/C20H18F3NO4/c1-12-3-4-13(2)16(9-12)17(25)11-28-18(26)10-24-19(27)14-5-7-15(8-6-14)20(21,22)23/h3-9H,10-11H2,1-2H3,(H,24,27). The van der Waals surface area contributed by atoms with Gasteiger partial charge in [0.05, 0.1) is 5.56 Å². The van der Waals surface area contributed by atoms with Crippen molar-refractivity contribution in [1.82, 2.24) is 5.32 Å². The molecule has 148 valence electrons. The maximum absolute atomic E-state index is 12.5. The van der Waals surface area contributed by atoms with Crippen LogP contribution >= 0.6 is 0 Å². The van der Waals surface area contributed by atoms with E-state index in [1.165, 1.54) is 0 Å². The molecule has 5 nitrogen and oxygen atoms in total. The molecule has 0 heterocycles. The molecule has 0 spiro atoms. The zero-order valence-electron chi connectivity index (χ0n) is 15.2. The van der Waals surface area contributed by atoms with Gasteiger partial charge in [-0.15, -0.1) is 0 Å². The Hall–Kier alpha value is -3.16. The van der Waals surface area contributed by atoms with E-state index in [2.05, 4.69) is 5.32 Å². The number of ether oxygens (including phenoxy) is 1. The molecule has 2 aromatic carbocycles. The van der Waals surface area contributed by atoms with Crippen LogP contribution in [0.2, 0.25) is 0 Å². The molecule has 0 atom stereocenters. The number of hydrogen-bond acceptors (Lipinski definition) is 4. The molecule has 0 saturated heterocycles. The highest BCUT2D eigenvalue weighted by Crippen LogP contribution is 2.29. The zero-order valence-corrected chi connectivity index (χ0v) is 15.2. The topological polar surface area (TPSA) is 72.5 Å². The van der Waals surface area contributed by atoms with Crippen molar-refractivity contribution in [3.05, 3.63) is 70.3 Å². The van der Waals surface area contributed by atoms with Crippen LogP contribution < -0.4 is 5.32 Å². The fourth-order valence-corrected chi connectivity index (χ4v) is 2.38. The number of nitrogens with one attached hydrogen (secondary N) is 1. The zero-order chi connectivity index (χ0) is 20.9. The molecule has 0 aromatic heterocycles. The summed E-state index contributed by atoms with van der Waals surface area (Å²) in [5.74, 6) is -1.94. The number of carbonyl (C=O) groups excluding carboxylic acids is 3. The van der Waals surface area contributed by atoms with E-state index in [0.29, 0.717) is 5.56 Å². The lowest BCUT2D eigenvalue weighted by Gasteiger charge is -2.09. The number of Topliss-reactive ketones (excluding diaryl/α,β-unsaturated/α-hetero) is 1. The van der Waals surface area contributed by atoms with E-state index < -0.39 is 36.8 Å². The second-order valence-corrected chi connectivity index (χ2v) is 6.16. The number of carbonyl (C=O) groups is 3. The third kappa shape index (κ3) is 5.67. The summed E-state index contributed by atoms with van der Waals surface area (Å²) in [6, 6.07) is 8.90. The van der Waals surface area contributed by atoms with Crippen molar-refractivity contribution >= 4 is 17.7 Å². The van der Waals surface area contributed by atoms with Crippen molar-refractivity contribution in [3.8, 4) is 0 Å². The van der Waals surface area contributed by atoms with Gasteiger partial charge in [0.25, 0.3) is 5.91 Å². The molecular formula is C20H18F3NO4. The predicted octanol–water partition coefficient (Wildman–Crippen LogP) is 3.48. The summed E-state index contributed by atoms with van der Waals surface area (Å²) in [6.45, 7) is 2.61. The minimum atomic E-state index is -4.50. The van der Waals surface area contributed by atoms with Gasteiger partial charge < -0.3 is 10.1 Å². The number of esters is 1. The Labute approximate surface area is 159 Å². The first-order valence-electron chi connectivity index (χ1n) is 8.29. The Morgan fingerprint density at radius 1 is 1.00 bits per heavy atom. The van der Waals surface area contributed by atoms with Gasteiger partial charge >= 0.3 is 12.1 Å².